The van der Waals surface area contributed by atoms with Crippen LogP contribution in [0.3, 0.4) is 0 Å². The predicted octanol–water partition coefficient (Wildman–Crippen LogP) is 12.0. The summed E-state index contributed by atoms with van der Waals surface area (Å²) in [6, 6.07) is 54.5. The third-order valence-corrected chi connectivity index (χ3v) is 8.95. The van der Waals surface area contributed by atoms with Crippen LogP contribution in [0.1, 0.15) is 5.56 Å². The van der Waals surface area contributed by atoms with E-state index in [1.54, 1.807) is 0 Å². The Morgan fingerprint density at radius 3 is 1.28 bits per heavy atom. The Bertz CT molecular complexity index is 2500. The molecule has 0 radical (unpaired) electrons. The van der Waals surface area contributed by atoms with Crippen LogP contribution in [0.15, 0.2) is 160 Å². The molecule has 2 heterocycles. The molecule has 214 valence electrons. The fraction of sp³-hybridized carbons (Fsp3) is 0. The summed E-state index contributed by atoms with van der Waals surface area (Å²) >= 11 is 0. The second-order valence-electron chi connectivity index (χ2n) is 11.6. The summed E-state index contributed by atoms with van der Waals surface area (Å²) in [5.74, 6) is 0. The van der Waals surface area contributed by atoms with Gasteiger partial charge in [-0.05, 0) is 81.9 Å². The van der Waals surface area contributed by atoms with Gasteiger partial charge in [0.15, 0.2) is 0 Å². The van der Waals surface area contributed by atoms with Crippen LogP contribution in [0.5, 0.6) is 0 Å². The molecule has 0 aliphatic carbocycles. The van der Waals surface area contributed by atoms with Crippen LogP contribution < -0.4 is 0 Å². The first-order valence-electron chi connectivity index (χ1n) is 15.3. The molecule has 2 aromatic heterocycles. The van der Waals surface area contributed by atoms with Gasteiger partial charge in [0, 0.05) is 32.7 Å². The number of furan rings is 2. The zero-order valence-corrected chi connectivity index (χ0v) is 24.7. The van der Waals surface area contributed by atoms with Gasteiger partial charge < -0.3 is 8.83 Å². The lowest BCUT2D eigenvalue weighted by Crippen LogP contribution is -1.93. The molecule has 0 unspecified atom stereocenters. The molecule has 0 saturated carbocycles. The Morgan fingerprint density at radius 1 is 0.348 bits per heavy atom. The number of para-hydroxylation sites is 2. The molecule has 0 bridgehead atoms. The lowest BCUT2D eigenvalue weighted by atomic mass is 9.87. The third-order valence-electron chi connectivity index (χ3n) is 8.95. The van der Waals surface area contributed by atoms with E-state index in [4.69, 9.17) is 8.83 Å². The van der Waals surface area contributed by atoms with Crippen molar-refractivity contribution >= 4 is 43.9 Å². The van der Waals surface area contributed by atoms with Crippen molar-refractivity contribution in [1.82, 2.24) is 0 Å². The molecule has 0 aliphatic rings. The van der Waals surface area contributed by atoms with E-state index in [1.165, 1.54) is 5.56 Å². The largest absolute Gasteiger partial charge is 0.456 e. The van der Waals surface area contributed by atoms with E-state index < -0.39 is 0 Å². The number of nitrogens with zero attached hydrogens (tertiary/aromatic N) is 1. The van der Waals surface area contributed by atoms with E-state index in [0.717, 1.165) is 82.8 Å². The van der Waals surface area contributed by atoms with Crippen molar-refractivity contribution in [2.45, 2.75) is 0 Å². The quantitative estimate of drug-likeness (QED) is 0.206. The average Bonchev–Trinajstić information content (AvgIpc) is 3.69. The van der Waals surface area contributed by atoms with Crippen LogP contribution in [0.4, 0.5) is 0 Å². The fourth-order valence-corrected chi connectivity index (χ4v) is 6.66. The van der Waals surface area contributed by atoms with Gasteiger partial charge in [0.05, 0.1) is 5.56 Å². The van der Waals surface area contributed by atoms with Gasteiger partial charge in [-0.1, -0.05) is 103 Å². The maximum atomic E-state index is 10.7. The molecule has 0 aliphatic heterocycles. The molecule has 46 heavy (non-hydrogen) atoms. The van der Waals surface area contributed by atoms with E-state index in [-0.39, 0.29) is 0 Å². The summed E-state index contributed by atoms with van der Waals surface area (Å²) in [6.45, 7) is 0. The molecule has 0 saturated heterocycles. The molecule has 0 N–H and O–H groups in total. The Hall–Kier alpha value is -6.37. The van der Waals surface area contributed by atoms with Crippen molar-refractivity contribution in [2.24, 2.45) is 0 Å². The van der Waals surface area contributed by atoms with Gasteiger partial charge in [-0.2, -0.15) is 5.26 Å². The highest BCUT2D eigenvalue weighted by molar-refractivity contribution is 6.08. The number of rotatable bonds is 4. The zero-order chi connectivity index (χ0) is 30.6. The molecular weight excluding hydrogens is 562 g/mol. The molecule has 7 aromatic carbocycles. The molecule has 0 fully saturated rings. The second-order valence-corrected chi connectivity index (χ2v) is 11.6. The minimum absolute atomic E-state index is 0.629. The molecule has 3 nitrogen and oxygen atoms in total. The predicted molar refractivity (Wildman–Crippen MR) is 187 cm³/mol. The highest BCUT2D eigenvalue weighted by atomic mass is 16.3. The Labute approximate surface area is 265 Å². The van der Waals surface area contributed by atoms with Gasteiger partial charge >= 0.3 is 0 Å². The van der Waals surface area contributed by atoms with Gasteiger partial charge in [-0.3, -0.25) is 0 Å². The van der Waals surface area contributed by atoms with Crippen LogP contribution in [0.2, 0.25) is 0 Å². The first kappa shape index (κ1) is 26.1. The van der Waals surface area contributed by atoms with E-state index in [2.05, 4.69) is 103 Å². The first-order chi connectivity index (χ1) is 22.7. The van der Waals surface area contributed by atoms with E-state index in [9.17, 15) is 5.26 Å². The van der Waals surface area contributed by atoms with Crippen LogP contribution in [-0.4, -0.2) is 0 Å². The zero-order valence-electron chi connectivity index (χ0n) is 24.7. The Balaban J connectivity index is 1.28. The monoisotopic (exact) mass is 587 g/mol. The topological polar surface area (TPSA) is 50.1 Å². The van der Waals surface area contributed by atoms with Crippen LogP contribution in [0, 0.1) is 11.3 Å². The van der Waals surface area contributed by atoms with Crippen molar-refractivity contribution in [2.75, 3.05) is 0 Å². The number of hydrogen-bond acceptors (Lipinski definition) is 3. The van der Waals surface area contributed by atoms with Crippen LogP contribution >= 0.6 is 0 Å². The van der Waals surface area contributed by atoms with Crippen molar-refractivity contribution in [3.05, 3.63) is 157 Å². The molecular formula is C43H25NO2. The van der Waals surface area contributed by atoms with Gasteiger partial charge in [0.1, 0.15) is 28.4 Å². The molecule has 0 amide bonds. The second kappa shape index (κ2) is 10.4. The lowest BCUT2D eigenvalue weighted by Gasteiger charge is -2.15. The number of benzene rings is 7. The van der Waals surface area contributed by atoms with Gasteiger partial charge in [0.2, 0.25) is 0 Å². The van der Waals surface area contributed by atoms with E-state index in [1.807, 2.05) is 54.6 Å². The molecule has 0 atom stereocenters. The van der Waals surface area contributed by atoms with E-state index >= 15 is 0 Å². The Morgan fingerprint density at radius 2 is 0.761 bits per heavy atom. The van der Waals surface area contributed by atoms with Crippen molar-refractivity contribution < 1.29 is 8.83 Å². The lowest BCUT2D eigenvalue weighted by molar-refractivity contribution is 0.668. The number of fused-ring (bicyclic) bond motifs is 6. The van der Waals surface area contributed by atoms with Gasteiger partial charge in [-0.25, -0.2) is 0 Å². The van der Waals surface area contributed by atoms with Crippen molar-refractivity contribution in [1.29, 1.82) is 5.26 Å². The fourth-order valence-electron chi connectivity index (χ4n) is 6.66. The third kappa shape index (κ3) is 4.20. The summed E-state index contributed by atoms with van der Waals surface area (Å²) < 4.78 is 12.3. The Kier molecular flexibility index (Phi) is 5.88. The first-order valence-corrected chi connectivity index (χ1v) is 15.3. The normalized spacial score (nSPS) is 11.5. The van der Waals surface area contributed by atoms with Crippen molar-refractivity contribution in [3.8, 4) is 50.6 Å². The number of hydrogen-bond donors (Lipinski definition) is 0. The highest BCUT2D eigenvalue weighted by Gasteiger charge is 2.18. The standard InChI is InChI=1S/C43H25NO2/c44-26-39-35(30-18-20-42-37(22-30)33-10-4-6-12-40(33)45-42)24-32(29-16-14-28(15-17-29)27-8-2-1-3-9-27)25-36(39)31-19-21-43-38(23-31)34-11-5-7-13-41(34)46-43/h1-25H. The smallest absolute Gasteiger partial charge is 0.135 e. The maximum absolute atomic E-state index is 10.7. The summed E-state index contributed by atoms with van der Waals surface area (Å²) in [6.07, 6.45) is 0. The molecule has 3 heteroatoms. The van der Waals surface area contributed by atoms with Crippen LogP contribution in [-0.2, 0) is 0 Å². The maximum Gasteiger partial charge on any atom is 0.135 e. The summed E-state index contributed by atoms with van der Waals surface area (Å²) in [5, 5.41) is 14.9. The highest BCUT2D eigenvalue weighted by Crippen LogP contribution is 2.41. The molecule has 0 spiro atoms. The SMILES string of the molecule is N#Cc1c(-c2ccc3oc4ccccc4c3c2)cc(-c2ccc(-c3ccccc3)cc2)cc1-c1ccc2oc3ccccc3c2c1. The summed E-state index contributed by atoms with van der Waals surface area (Å²) in [5.41, 5.74) is 12.1. The summed E-state index contributed by atoms with van der Waals surface area (Å²) in [4.78, 5) is 0. The van der Waals surface area contributed by atoms with Crippen molar-refractivity contribution in [3.63, 3.8) is 0 Å². The number of nitriles is 1. The minimum atomic E-state index is 0.629. The van der Waals surface area contributed by atoms with Gasteiger partial charge in [0.25, 0.3) is 0 Å². The average molecular weight is 588 g/mol. The minimum Gasteiger partial charge on any atom is -0.456 e. The molecule has 9 aromatic rings. The molecule has 9 rings (SSSR count). The van der Waals surface area contributed by atoms with E-state index in [0.29, 0.717) is 5.56 Å². The van der Waals surface area contributed by atoms with Gasteiger partial charge in [-0.15, -0.1) is 0 Å². The summed E-state index contributed by atoms with van der Waals surface area (Å²) in [7, 11) is 0. The van der Waals surface area contributed by atoms with Crippen LogP contribution in [0.25, 0.3) is 88.4 Å².